The molecule has 0 heterocycles. The fraction of sp³-hybridized carbons (Fsp3) is 0.474. The molecule has 0 radical (unpaired) electrons. The van der Waals surface area contributed by atoms with E-state index in [4.69, 9.17) is 18.9 Å². The van der Waals surface area contributed by atoms with E-state index in [0.29, 0.717) is 5.57 Å². The van der Waals surface area contributed by atoms with E-state index >= 15 is 0 Å². The van der Waals surface area contributed by atoms with Crippen LogP contribution < -0.4 is 0 Å². The van der Waals surface area contributed by atoms with E-state index in [0.717, 1.165) is 6.92 Å². The van der Waals surface area contributed by atoms with E-state index in [2.05, 4.69) is 0 Å². The summed E-state index contributed by atoms with van der Waals surface area (Å²) in [6.07, 6.45) is -2.47. The van der Waals surface area contributed by atoms with Crippen LogP contribution >= 0.6 is 0 Å². The third-order valence-corrected chi connectivity index (χ3v) is 9.53. The van der Waals surface area contributed by atoms with Gasteiger partial charge in [0.05, 0.1) is 17.0 Å². The zero-order valence-corrected chi connectivity index (χ0v) is 28.9. The molecule has 49 heavy (non-hydrogen) atoms. The molecule has 0 aromatic heterocycles. The molecule has 11 heteroatoms. The fourth-order valence-electron chi connectivity index (χ4n) is 6.75. The molecule has 4 rings (SSSR count). The number of aliphatic hydroxyl groups excluding tert-OH is 2. The number of aliphatic hydroxyl groups is 3. The van der Waals surface area contributed by atoms with Gasteiger partial charge in [0.25, 0.3) is 0 Å². The highest BCUT2D eigenvalue weighted by Gasteiger charge is 2.68. The molecular weight excluding hydrogens is 632 g/mol. The van der Waals surface area contributed by atoms with Gasteiger partial charge in [-0.3, -0.25) is 9.59 Å². The second-order valence-electron chi connectivity index (χ2n) is 13.8. The number of fused-ring (bicyclic) bond motifs is 1. The Morgan fingerprint density at radius 2 is 1.31 bits per heavy atom. The van der Waals surface area contributed by atoms with Gasteiger partial charge in [-0.05, 0) is 43.7 Å². The van der Waals surface area contributed by atoms with Gasteiger partial charge in [0.15, 0.2) is 5.60 Å². The molecule has 0 aliphatic heterocycles. The van der Waals surface area contributed by atoms with Gasteiger partial charge in [-0.1, -0.05) is 75.4 Å². The van der Waals surface area contributed by atoms with E-state index in [9.17, 15) is 34.5 Å². The first kappa shape index (κ1) is 37.5. The highest BCUT2D eigenvalue weighted by molar-refractivity contribution is 5.90. The Morgan fingerprint density at radius 3 is 1.82 bits per heavy atom. The van der Waals surface area contributed by atoms with Gasteiger partial charge in [0.2, 0.25) is 0 Å². The SMILES string of the molecule is CC(=O)O[C@H]1C[C@@H](OC(=O)c2ccccc2)C(C)=C[C@H]2[C@@H](OC(=O)c3ccccc3)[C@@H](C)[C@H](O)[C@]2(OC(C)=O)[C@H](O)[C@@](C)(O)/C=C\C1(C)C. The fourth-order valence-corrected chi connectivity index (χ4v) is 6.75. The van der Waals surface area contributed by atoms with Crippen molar-refractivity contribution in [1.82, 2.24) is 0 Å². The molecule has 0 saturated heterocycles. The lowest BCUT2D eigenvalue weighted by molar-refractivity contribution is -0.222. The number of carbonyl (C=O) groups is 4. The predicted octanol–water partition coefficient (Wildman–Crippen LogP) is 4.34. The summed E-state index contributed by atoms with van der Waals surface area (Å²) in [5, 5.41) is 35.8. The average molecular weight is 679 g/mol. The number of hydrogen-bond acceptors (Lipinski definition) is 11. The molecule has 0 spiro atoms. The molecule has 2 aromatic carbocycles. The lowest BCUT2D eigenvalue weighted by atomic mass is 9.72. The van der Waals surface area contributed by atoms with Crippen molar-refractivity contribution in [3.05, 3.63) is 95.6 Å². The van der Waals surface area contributed by atoms with Gasteiger partial charge < -0.3 is 34.3 Å². The van der Waals surface area contributed by atoms with Gasteiger partial charge in [-0.2, -0.15) is 0 Å². The zero-order chi connectivity index (χ0) is 36.3. The third kappa shape index (κ3) is 7.95. The Hall–Kier alpha value is -4.32. The molecule has 0 bridgehead atoms. The van der Waals surface area contributed by atoms with E-state index in [1.165, 1.54) is 26.0 Å². The smallest absolute Gasteiger partial charge is 0.338 e. The maximum Gasteiger partial charge on any atom is 0.338 e. The Morgan fingerprint density at radius 1 is 0.776 bits per heavy atom. The highest BCUT2D eigenvalue weighted by Crippen LogP contribution is 2.51. The summed E-state index contributed by atoms with van der Waals surface area (Å²) < 4.78 is 23.7. The molecule has 11 nitrogen and oxygen atoms in total. The first-order chi connectivity index (χ1) is 22.9. The molecule has 0 unspecified atom stereocenters. The molecule has 9 atom stereocenters. The molecule has 264 valence electrons. The minimum absolute atomic E-state index is 0.0393. The number of benzene rings is 2. The summed E-state index contributed by atoms with van der Waals surface area (Å²) in [6.45, 7) is 10.4. The van der Waals surface area contributed by atoms with Crippen LogP contribution in [-0.2, 0) is 28.5 Å². The Balaban J connectivity index is 1.96. The van der Waals surface area contributed by atoms with Gasteiger partial charge >= 0.3 is 23.9 Å². The lowest BCUT2D eigenvalue weighted by Crippen LogP contribution is -2.64. The Kier molecular flexibility index (Phi) is 11.2. The van der Waals surface area contributed by atoms with E-state index in [-0.39, 0.29) is 17.5 Å². The first-order valence-corrected chi connectivity index (χ1v) is 16.3. The Bertz CT molecular complexity index is 1580. The molecule has 2 aromatic rings. The van der Waals surface area contributed by atoms with E-state index in [1.54, 1.807) is 94.4 Å². The molecule has 2 aliphatic carbocycles. The van der Waals surface area contributed by atoms with Crippen LogP contribution in [0.15, 0.2) is 84.5 Å². The van der Waals surface area contributed by atoms with Crippen LogP contribution in [0.2, 0.25) is 0 Å². The normalized spacial score (nSPS) is 33.3. The monoisotopic (exact) mass is 678 g/mol. The largest absolute Gasteiger partial charge is 0.461 e. The van der Waals surface area contributed by atoms with E-state index < -0.39 is 82.8 Å². The minimum atomic E-state index is -2.26. The number of carbonyl (C=O) groups excluding carboxylic acids is 4. The van der Waals surface area contributed by atoms with Crippen LogP contribution in [0.25, 0.3) is 0 Å². The van der Waals surface area contributed by atoms with Crippen molar-refractivity contribution in [2.24, 2.45) is 17.3 Å². The van der Waals surface area contributed by atoms with Crippen LogP contribution in [-0.4, -0.2) is 80.9 Å². The second kappa shape index (κ2) is 14.7. The Labute approximate surface area is 286 Å². The molecule has 2 aliphatic rings. The maximum atomic E-state index is 13.4. The summed E-state index contributed by atoms with van der Waals surface area (Å²) >= 11 is 0. The van der Waals surface area contributed by atoms with Gasteiger partial charge in [0, 0.05) is 31.6 Å². The van der Waals surface area contributed by atoms with Crippen LogP contribution in [0, 0.1) is 17.3 Å². The van der Waals surface area contributed by atoms with Crippen LogP contribution in [0.3, 0.4) is 0 Å². The van der Waals surface area contributed by atoms with Crippen LogP contribution in [0.1, 0.15) is 75.6 Å². The van der Waals surface area contributed by atoms with Crippen LogP contribution in [0.5, 0.6) is 0 Å². The van der Waals surface area contributed by atoms with Crippen molar-refractivity contribution < 1.29 is 53.4 Å². The standard InChI is InChI=1S/C38H46O11/c1-22-20-28-31(48-34(43)27-16-12-9-13-17-27)23(2)32(41)38(28,49-25(4)40)35(44)37(7,45)19-18-36(5,6)30(46-24(3)39)21-29(22)47-33(42)26-14-10-8-11-15-26/h8-20,23,28-32,35,41,44-45H,21H2,1-7H3/b19-18-,22-20?/t23-,28+,29-,30+,31+,32+,35-,37+,38+/m1/s1. The van der Waals surface area contributed by atoms with Crippen molar-refractivity contribution in [3.63, 3.8) is 0 Å². The lowest BCUT2D eigenvalue weighted by Gasteiger charge is -2.46. The minimum Gasteiger partial charge on any atom is -0.461 e. The van der Waals surface area contributed by atoms with Crippen molar-refractivity contribution in [2.45, 2.75) is 96.6 Å². The number of rotatable bonds is 6. The summed E-state index contributed by atoms with van der Waals surface area (Å²) in [7, 11) is 0. The summed E-state index contributed by atoms with van der Waals surface area (Å²) in [5.41, 5.74) is -4.56. The highest BCUT2D eigenvalue weighted by atomic mass is 16.6. The topological polar surface area (TPSA) is 166 Å². The molecule has 0 amide bonds. The molecule has 3 N–H and O–H groups in total. The number of esters is 4. The maximum absolute atomic E-state index is 13.4. The van der Waals surface area contributed by atoms with Crippen molar-refractivity contribution in [2.75, 3.05) is 0 Å². The summed E-state index contributed by atoms with van der Waals surface area (Å²) in [6, 6.07) is 16.5. The molecular formula is C38H46O11. The quantitative estimate of drug-likeness (QED) is 0.226. The van der Waals surface area contributed by atoms with E-state index in [1.807, 2.05) is 0 Å². The zero-order valence-electron chi connectivity index (χ0n) is 28.9. The van der Waals surface area contributed by atoms with Crippen LogP contribution in [0.4, 0.5) is 0 Å². The van der Waals surface area contributed by atoms with Gasteiger partial charge in [-0.25, -0.2) is 9.59 Å². The second-order valence-corrected chi connectivity index (χ2v) is 13.8. The third-order valence-electron chi connectivity index (χ3n) is 9.53. The van der Waals surface area contributed by atoms with Crippen molar-refractivity contribution in [3.8, 4) is 0 Å². The first-order valence-electron chi connectivity index (χ1n) is 16.3. The molecule has 1 fully saturated rings. The van der Waals surface area contributed by atoms with Gasteiger partial charge in [0.1, 0.15) is 36.1 Å². The molecule has 1 saturated carbocycles. The predicted molar refractivity (Wildman–Crippen MR) is 178 cm³/mol. The number of ether oxygens (including phenoxy) is 4. The van der Waals surface area contributed by atoms with Gasteiger partial charge in [-0.15, -0.1) is 0 Å². The van der Waals surface area contributed by atoms with Crippen molar-refractivity contribution >= 4 is 23.9 Å². The average Bonchev–Trinajstić information content (AvgIpc) is 3.23. The van der Waals surface area contributed by atoms with Crippen molar-refractivity contribution in [1.29, 1.82) is 0 Å². The summed E-state index contributed by atoms with van der Waals surface area (Å²) in [5.74, 6) is -5.07. The summed E-state index contributed by atoms with van der Waals surface area (Å²) in [4.78, 5) is 52.0. The number of hydrogen-bond donors (Lipinski definition) is 3.